The molecule has 0 heterocycles. The smallest absolute Gasteiger partial charge is 0.256 e. The molecule has 5 heteroatoms. The van der Waals surface area contributed by atoms with E-state index in [9.17, 15) is 9.18 Å². The maximum absolute atomic E-state index is 13.7. The van der Waals surface area contributed by atoms with E-state index < -0.39 is 11.7 Å². The Hall–Kier alpha value is -2.19. The summed E-state index contributed by atoms with van der Waals surface area (Å²) in [4.78, 5) is 13.7. The van der Waals surface area contributed by atoms with Gasteiger partial charge in [-0.25, -0.2) is 4.39 Å². The third kappa shape index (κ3) is 3.67. The first-order chi connectivity index (χ1) is 10.0. The molecule has 1 amide bonds. The molecule has 0 saturated heterocycles. The van der Waals surface area contributed by atoms with E-state index >= 15 is 0 Å². The number of nitrogens with zero attached hydrogens (tertiary/aromatic N) is 2. The topological polar surface area (TPSA) is 44.1 Å². The van der Waals surface area contributed by atoms with Crippen molar-refractivity contribution in [2.24, 2.45) is 0 Å². The first kappa shape index (κ1) is 15.2. The zero-order chi connectivity index (χ0) is 15.4. The molecule has 0 aliphatic carbocycles. The molecule has 3 nitrogen and oxygen atoms in total. The first-order valence-corrected chi connectivity index (χ1v) is 7.00. The van der Waals surface area contributed by atoms with Gasteiger partial charge in [0.2, 0.25) is 0 Å². The molecule has 0 aliphatic rings. The van der Waals surface area contributed by atoms with Crippen molar-refractivity contribution < 1.29 is 9.18 Å². The molecule has 0 saturated carbocycles. The Morgan fingerprint density at radius 3 is 2.57 bits per heavy atom. The highest BCUT2D eigenvalue weighted by molar-refractivity contribution is 9.10. The lowest BCUT2D eigenvalue weighted by Crippen LogP contribution is -2.27. The SMILES string of the molecule is CN(Cc1ccc(C#N)cc1)C(=O)c1cc(Br)ccc1F. The van der Waals surface area contributed by atoms with Gasteiger partial charge in [-0.2, -0.15) is 5.26 Å². The molecule has 0 atom stereocenters. The van der Waals surface area contributed by atoms with Gasteiger partial charge in [0, 0.05) is 18.1 Å². The summed E-state index contributed by atoms with van der Waals surface area (Å²) in [5.74, 6) is -0.937. The number of hydrogen-bond acceptors (Lipinski definition) is 2. The maximum atomic E-state index is 13.7. The third-order valence-corrected chi connectivity index (χ3v) is 3.50. The summed E-state index contributed by atoms with van der Waals surface area (Å²) in [6.45, 7) is 0.344. The van der Waals surface area contributed by atoms with Gasteiger partial charge in [-0.15, -0.1) is 0 Å². The van der Waals surface area contributed by atoms with Gasteiger partial charge >= 0.3 is 0 Å². The summed E-state index contributed by atoms with van der Waals surface area (Å²) in [6, 6.07) is 13.2. The van der Waals surface area contributed by atoms with E-state index in [4.69, 9.17) is 5.26 Å². The zero-order valence-corrected chi connectivity index (χ0v) is 12.9. The summed E-state index contributed by atoms with van der Waals surface area (Å²) < 4.78 is 14.4. The zero-order valence-electron chi connectivity index (χ0n) is 11.3. The van der Waals surface area contributed by atoms with Crippen LogP contribution in [0, 0.1) is 17.1 Å². The van der Waals surface area contributed by atoms with Gasteiger partial charge in [0.25, 0.3) is 5.91 Å². The molecule has 21 heavy (non-hydrogen) atoms. The van der Waals surface area contributed by atoms with E-state index in [0.717, 1.165) is 5.56 Å². The second-order valence-corrected chi connectivity index (χ2v) is 5.51. The van der Waals surface area contributed by atoms with Crippen LogP contribution in [0.4, 0.5) is 4.39 Å². The molecule has 0 spiro atoms. The highest BCUT2D eigenvalue weighted by atomic mass is 79.9. The fourth-order valence-corrected chi connectivity index (χ4v) is 2.26. The molecule has 0 fully saturated rings. The minimum Gasteiger partial charge on any atom is -0.337 e. The molecule has 0 aromatic heterocycles. The van der Waals surface area contributed by atoms with Crippen LogP contribution in [0.1, 0.15) is 21.5 Å². The molecule has 2 rings (SSSR count). The van der Waals surface area contributed by atoms with Crippen molar-refractivity contribution in [1.29, 1.82) is 5.26 Å². The van der Waals surface area contributed by atoms with Crippen LogP contribution in [-0.4, -0.2) is 17.9 Å². The number of carbonyl (C=O) groups is 1. The summed E-state index contributed by atoms with van der Waals surface area (Å²) in [5, 5.41) is 8.74. The van der Waals surface area contributed by atoms with Crippen molar-refractivity contribution in [3.8, 4) is 6.07 Å². The normalized spacial score (nSPS) is 10.0. The minimum atomic E-state index is -0.546. The second-order valence-electron chi connectivity index (χ2n) is 4.59. The van der Waals surface area contributed by atoms with Gasteiger partial charge in [-0.1, -0.05) is 28.1 Å². The summed E-state index contributed by atoms with van der Waals surface area (Å²) >= 11 is 3.23. The third-order valence-electron chi connectivity index (χ3n) is 3.01. The Morgan fingerprint density at radius 1 is 1.29 bits per heavy atom. The number of carbonyl (C=O) groups excluding carboxylic acids is 1. The predicted molar refractivity (Wildman–Crippen MR) is 81.1 cm³/mol. The van der Waals surface area contributed by atoms with E-state index in [1.54, 1.807) is 37.4 Å². The molecule has 2 aromatic rings. The van der Waals surface area contributed by atoms with Crippen LogP contribution in [0.25, 0.3) is 0 Å². The highest BCUT2D eigenvalue weighted by Crippen LogP contribution is 2.18. The van der Waals surface area contributed by atoms with Crippen LogP contribution < -0.4 is 0 Å². The number of nitriles is 1. The van der Waals surface area contributed by atoms with Gasteiger partial charge in [-0.05, 0) is 35.9 Å². The largest absolute Gasteiger partial charge is 0.337 e. The van der Waals surface area contributed by atoms with Crippen molar-refractivity contribution >= 4 is 21.8 Å². The van der Waals surface area contributed by atoms with E-state index in [1.165, 1.54) is 17.0 Å². The van der Waals surface area contributed by atoms with Crippen LogP contribution in [0.15, 0.2) is 46.9 Å². The molecule has 0 radical (unpaired) electrons. The van der Waals surface area contributed by atoms with Gasteiger partial charge in [0.1, 0.15) is 5.82 Å². The summed E-state index contributed by atoms with van der Waals surface area (Å²) in [7, 11) is 1.61. The van der Waals surface area contributed by atoms with Crippen molar-refractivity contribution in [3.63, 3.8) is 0 Å². The summed E-state index contributed by atoms with van der Waals surface area (Å²) in [6.07, 6.45) is 0. The Kier molecular flexibility index (Phi) is 4.71. The molecular formula is C16H12BrFN2O. The monoisotopic (exact) mass is 346 g/mol. The lowest BCUT2D eigenvalue weighted by molar-refractivity contribution is 0.0780. The number of hydrogen-bond donors (Lipinski definition) is 0. The molecule has 2 aromatic carbocycles. The Labute approximate surface area is 130 Å². The second kappa shape index (κ2) is 6.51. The lowest BCUT2D eigenvalue weighted by atomic mass is 10.1. The average Bonchev–Trinajstić information content (AvgIpc) is 2.49. The maximum Gasteiger partial charge on any atom is 0.256 e. The highest BCUT2D eigenvalue weighted by Gasteiger charge is 2.16. The quantitative estimate of drug-likeness (QED) is 0.849. The molecule has 0 aliphatic heterocycles. The van der Waals surface area contributed by atoms with Crippen LogP contribution in [0.3, 0.4) is 0 Å². The summed E-state index contributed by atoms with van der Waals surface area (Å²) in [5.41, 5.74) is 1.46. The number of benzene rings is 2. The standard InChI is InChI=1S/C16H12BrFN2O/c1-20(10-12-4-2-11(9-19)3-5-12)16(21)14-8-13(17)6-7-15(14)18/h2-8H,10H2,1H3. The van der Waals surface area contributed by atoms with E-state index in [0.29, 0.717) is 16.6 Å². The lowest BCUT2D eigenvalue weighted by Gasteiger charge is -2.18. The molecule has 0 N–H and O–H groups in total. The predicted octanol–water partition coefficient (Wildman–Crippen LogP) is 3.73. The molecule has 0 bridgehead atoms. The van der Waals surface area contributed by atoms with Crippen molar-refractivity contribution in [1.82, 2.24) is 4.90 Å². The molecular weight excluding hydrogens is 335 g/mol. The van der Waals surface area contributed by atoms with Gasteiger partial charge in [-0.3, -0.25) is 4.79 Å². The fourth-order valence-electron chi connectivity index (χ4n) is 1.90. The average molecular weight is 347 g/mol. The van der Waals surface area contributed by atoms with E-state index in [-0.39, 0.29) is 5.56 Å². The number of amides is 1. The number of rotatable bonds is 3. The van der Waals surface area contributed by atoms with Gasteiger partial charge < -0.3 is 4.90 Å². The first-order valence-electron chi connectivity index (χ1n) is 6.21. The fraction of sp³-hybridized carbons (Fsp3) is 0.125. The Balaban J connectivity index is 2.15. The Morgan fingerprint density at radius 2 is 1.95 bits per heavy atom. The van der Waals surface area contributed by atoms with E-state index in [2.05, 4.69) is 15.9 Å². The van der Waals surface area contributed by atoms with Crippen LogP contribution in [0.2, 0.25) is 0 Å². The van der Waals surface area contributed by atoms with Gasteiger partial charge in [0.15, 0.2) is 0 Å². The Bertz CT molecular complexity index is 707. The van der Waals surface area contributed by atoms with Gasteiger partial charge in [0.05, 0.1) is 17.2 Å². The van der Waals surface area contributed by atoms with Crippen molar-refractivity contribution in [2.75, 3.05) is 7.05 Å². The van der Waals surface area contributed by atoms with Crippen molar-refractivity contribution in [3.05, 3.63) is 69.4 Å². The number of halogens is 2. The van der Waals surface area contributed by atoms with E-state index in [1.807, 2.05) is 6.07 Å². The van der Waals surface area contributed by atoms with Crippen LogP contribution in [-0.2, 0) is 6.54 Å². The minimum absolute atomic E-state index is 0.0283. The van der Waals surface area contributed by atoms with Crippen molar-refractivity contribution in [2.45, 2.75) is 6.54 Å². The van der Waals surface area contributed by atoms with Crippen LogP contribution in [0.5, 0.6) is 0 Å². The molecule has 0 unspecified atom stereocenters. The molecule has 106 valence electrons. The van der Waals surface area contributed by atoms with Crippen LogP contribution >= 0.6 is 15.9 Å².